The van der Waals surface area contributed by atoms with Crippen LogP contribution in [0.5, 0.6) is 11.5 Å². The summed E-state index contributed by atoms with van der Waals surface area (Å²) in [5.74, 6) is -6.16. The Morgan fingerprint density at radius 3 is 2.32 bits per heavy atom. The lowest BCUT2D eigenvalue weighted by molar-refractivity contribution is -0.941. The molecule has 57 heavy (non-hydrogen) atoms. The minimum absolute atomic E-state index is 0.0435. The molecule has 0 saturated carbocycles. The number of ether oxygens (including phenoxy) is 1. The van der Waals surface area contributed by atoms with E-state index >= 15 is 0 Å². The van der Waals surface area contributed by atoms with Crippen molar-refractivity contribution in [1.29, 1.82) is 0 Å². The fourth-order valence-corrected chi connectivity index (χ4v) is 8.74. The number of phenolic OH excluding ortho intramolecular Hbond substituents is 2. The number of carbonyl (C=O) groups is 7. The molecule has 2 aromatic carbocycles. The number of piperidine rings is 3. The first-order valence-corrected chi connectivity index (χ1v) is 19.1. The number of piperazine rings is 1. The minimum Gasteiger partial charge on any atom is -0.504 e. The number of hydrogen-bond donors (Lipinski definition) is 6. The van der Waals surface area contributed by atoms with Crippen molar-refractivity contribution in [2.75, 3.05) is 59.0 Å². The number of fused-ring (bicyclic) bond motifs is 4. The maximum atomic E-state index is 13.8. The summed E-state index contributed by atoms with van der Waals surface area (Å²) >= 11 is 6.08. The number of carboxylic acid groups (broad SMARTS) is 1. The first kappa shape index (κ1) is 39.5. The van der Waals surface area contributed by atoms with Crippen molar-refractivity contribution in [2.24, 2.45) is 5.41 Å². The number of urea groups is 1. The SMILES string of the molecule is CCN1CCN(C(=O)N[C@H](C(=O)N[C@@H]2C(=O)N3C(C(=O)O)=C(C[N+]45CCC(CNC(=O)c6ccc(O)c(O)c6Cl)(CC4)CC5)CO[C@H]23)c2ccccc2)C(=O)C1=O. The molecule has 7 amide bonds. The highest BCUT2D eigenvalue weighted by Crippen LogP contribution is 2.45. The Hall–Kier alpha value is -5.72. The monoisotopic (exact) mass is 808 g/mol. The number of carboxylic acids is 1. The number of imide groups is 1. The van der Waals surface area contributed by atoms with Crippen LogP contribution in [0.1, 0.15) is 48.1 Å². The Balaban J connectivity index is 0.994. The van der Waals surface area contributed by atoms with E-state index in [2.05, 4.69) is 16.0 Å². The van der Waals surface area contributed by atoms with Gasteiger partial charge in [0.25, 0.3) is 11.8 Å². The van der Waals surface area contributed by atoms with E-state index in [9.17, 15) is 48.9 Å². The number of aliphatic carboxylic acids is 1. The van der Waals surface area contributed by atoms with Gasteiger partial charge in [-0.25, -0.2) is 9.59 Å². The number of carbonyl (C=O) groups excluding carboxylic acids is 6. The summed E-state index contributed by atoms with van der Waals surface area (Å²) in [7, 11) is 0. The van der Waals surface area contributed by atoms with E-state index < -0.39 is 71.3 Å². The van der Waals surface area contributed by atoms with Crippen molar-refractivity contribution in [3.05, 3.63) is 69.9 Å². The molecule has 6 aliphatic rings. The minimum atomic E-state index is -1.38. The zero-order valence-electron chi connectivity index (χ0n) is 31.0. The third-order valence-corrected chi connectivity index (χ3v) is 12.4. The van der Waals surface area contributed by atoms with Gasteiger partial charge in [-0.15, -0.1) is 0 Å². The van der Waals surface area contributed by atoms with Crippen molar-refractivity contribution >= 4 is 53.1 Å². The highest BCUT2D eigenvalue weighted by Gasteiger charge is 2.57. The fourth-order valence-electron chi connectivity index (χ4n) is 8.49. The first-order valence-electron chi connectivity index (χ1n) is 18.7. The predicted octanol–water partition coefficient (Wildman–Crippen LogP) is 0.645. The van der Waals surface area contributed by atoms with Gasteiger partial charge in [0.05, 0.1) is 36.8 Å². The molecule has 19 heteroatoms. The molecule has 5 fully saturated rings. The van der Waals surface area contributed by atoms with Crippen molar-refractivity contribution in [1.82, 2.24) is 30.7 Å². The smallest absolute Gasteiger partial charge is 0.352 e. The summed E-state index contributed by atoms with van der Waals surface area (Å²) in [5, 5.41) is 37.8. The third kappa shape index (κ3) is 7.23. The van der Waals surface area contributed by atoms with Gasteiger partial charge in [-0.2, -0.15) is 0 Å². The number of amides is 7. The van der Waals surface area contributed by atoms with Gasteiger partial charge in [-0.3, -0.25) is 33.8 Å². The number of nitrogens with zero attached hydrogens (tertiary/aromatic N) is 4. The molecule has 0 aliphatic carbocycles. The number of nitrogens with one attached hydrogen (secondary N) is 3. The standard InChI is InChI=1S/C38H42ClN7O11/c1-2-43-13-14-44(34(53)33(43)52)37(56)42-26(21-6-4-3-5-7-21)31(50)41-27-32(51)45-28(36(54)55)22(19-57-35(27)45)18-46-15-10-38(11-16-46,12-17-46)20-40-30(49)23-8-9-24(47)29(48)25(23)39/h3-9,26-27,35H,2,10-20H2,1H3,(H5-,40,41,42,47,48,49,50,52,53,54,55,56)/p+1/t26-,27+,35+,38?,46?/m0/s1. The number of hydrogen-bond acceptors (Lipinski definition) is 10. The highest BCUT2D eigenvalue weighted by atomic mass is 35.5. The Labute approximate surface area is 331 Å². The molecule has 18 nitrogen and oxygen atoms in total. The number of rotatable bonds is 11. The normalized spacial score (nSPS) is 26.1. The molecule has 2 bridgehead atoms. The average molecular weight is 809 g/mol. The van der Waals surface area contributed by atoms with Crippen LogP contribution in [0.4, 0.5) is 4.79 Å². The molecule has 6 N–H and O–H groups in total. The average Bonchev–Trinajstić information content (AvgIpc) is 3.21. The largest absolute Gasteiger partial charge is 0.504 e. The van der Waals surface area contributed by atoms with Crippen LogP contribution in [0.2, 0.25) is 5.02 Å². The number of halogens is 1. The molecular formula is C38H43ClN7O11+. The van der Waals surface area contributed by atoms with Crippen LogP contribution in [-0.2, 0) is 28.7 Å². The molecule has 302 valence electrons. The zero-order valence-corrected chi connectivity index (χ0v) is 31.8. The van der Waals surface area contributed by atoms with Crippen LogP contribution in [-0.4, -0.2) is 147 Å². The molecular weight excluding hydrogens is 766 g/mol. The van der Waals surface area contributed by atoms with E-state index in [0.717, 1.165) is 29.1 Å². The second kappa shape index (κ2) is 15.3. The second-order valence-electron chi connectivity index (χ2n) is 15.2. The maximum Gasteiger partial charge on any atom is 0.352 e. The van der Waals surface area contributed by atoms with E-state index in [0.29, 0.717) is 54.9 Å². The van der Waals surface area contributed by atoms with Gasteiger partial charge >= 0.3 is 23.8 Å². The summed E-state index contributed by atoms with van der Waals surface area (Å²) in [5.41, 5.74) is 0.438. The van der Waals surface area contributed by atoms with Gasteiger partial charge in [0.1, 0.15) is 18.3 Å². The van der Waals surface area contributed by atoms with Crippen molar-refractivity contribution in [2.45, 2.75) is 44.5 Å². The molecule has 0 aromatic heterocycles. The van der Waals surface area contributed by atoms with Crippen LogP contribution in [0.3, 0.4) is 0 Å². The lowest BCUT2D eigenvalue weighted by Gasteiger charge is -2.56. The van der Waals surface area contributed by atoms with Gasteiger partial charge in [0.15, 0.2) is 23.8 Å². The quantitative estimate of drug-likeness (QED) is 0.0798. The zero-order chi connectivity index (χ0) is 40.8. The van der Waals surface area contributed by atoms with Crippen LogP contribution in [0.15, 0.2) is 53.7 Å². The molecule has 6 heterocycles. The Morgan fingerprint density at radius 2 is 1.67 bits per heavy atom. The summed E-state index contributed by atoms with van der Waals surface area (Å²) < 4.78 is 6.62. The third-order valence-electron chi connectivity index (χ3n) is 12.0. The van der Waals surface area contributed by atoms with Crippen LogP contribution in [0.25, 0.3) is 0 Å². The van der Waals surface area contributed by atoms with Gasteiger partial charge < -0.3 is 45.4 Å². The van der Waals surface area contributed by atoms with Crippen LogP contribution in [0, 0.1) is 5.41 Å². The number of β-lactam (4-membered cyclic amide) rings is 1. The highest BCUT2D eigenvalue weighted by molar-refractivity contribution is 6.38. The number of quaternary nitrogens is 1. The molecule has 6 aliphatic heterocycles. The topological polar surface area (TPSA) is 235 Å². The van der Waals surface area contributed by atoms with Gasteiger partial charge in [0, 0.05) is 56.4 Å². The molecule has 8 rings (SSSR count). The number of likely N-dealkylation sites (N-methyl/N-ethyl adjacent to an activating group) is 1. The van der Waals surface area contributed by atoms with E-state index in [-0.39, 0.29) is 41.4 Å². The van der Waals surface area contributed by atoms with Gasteiger partial charge in [0.2, 0.25) is 5.91 Å². The second-order valence-corrected chi connectivity index (χ2v) is 15.6. The lowest BCUT2D eigenvalue weighted by atomic mass is 9.70. The molecule has 0 radical (unpaired) electrons. The van der Waals surface area contributed by atoms with Crippen LogP contribution < -0.4 is 16.0 Å². The van der Waals surface area contributed by atoms with Crippen molar-refractivity contribution in [3.8, 4) is 11.5 Å². The molecule has 0 spiro atoms. The summed E-state index contributed by atoms with van der Waals surface area (Å²) in [6.45, 7) is 4.77. The van der Waals surface area contributed by atoms with E-state index in [4.69, 9.17) is 16.3 Å². The van der Waals surface area contributed by atoms with E-state index in [1.165, 1.54) is 17.0 Å². The van der Waals surface area contributed by atoms with Gasteiger partial charge in [-0.1, -0.05) is 41.9 Å². The molecule has 5 saturated heterocycles. The summed E-state index contributed by atoms with van der Waals surface area (Å²) in [6, 6.07) is 7.05. The Kier molecular flexibility index (Phi) is 10.6. The molecule has 2 aromatic rings. The molecule has 3 atom stereocenters. The Bertz CT molecular complexity index is 2050. The fraction of sp³-hybridized carbons (Fsp3) is 0.447. The lowest BCUT2D eigenvalue weighted by Crippen LogP contribution is -2.74. The van der Waals surface area contributed by atoms with E-state index in [1.54, 1.807) is 37.3 Å². The van der Waals surface area contributed by atoms with Crippen molar-refractivity contribution in [3.63, 3.8) is 0 Å². The Morgan fingerprint density at radius 1 is 0.982 bits per heavy atom. The maximum absolute atomic E-state index is 13.8. The number of aromatic hydroxyl groups is 2. The number of benzene rings is 2. The first-order chi connectivity index (χ1) is 27.2. The number of phenols is 2. The van der Waals surface area contributed by atoms with Crippen LogP contribution >= 0.6 is 11.6 Å². The van der Waals surface area contributed by atoms with Crippen molar-refractivity contribution < 1.29 is 58.1 Å². The summed E-state index contributed by atoms with van der Waals surface area (Å²) in [4.78, 5) is 94.5. The predicted molar refractivity (Wildman–Crippen MR) is 198 cm³/mol. The summed E-state index contributed by atoms with van der Waals surface area (Å²) in [6.07, 6.45) is 1.12. The van der Waals surface area contributed by atoms with E-state index in [1.807, 2.05) is 0 Å². The molecule has 0 unspecified atom stereocenters. The van der Waals surface area contributed by atoms with Gasteiger partial charge in [-0.05, 0) is 24.6 Å².